The van der Waals surface area contributed by atoms with E-state index in [1.165, 1.54) is 29.7 Å². The second-order valence-corrected chi connectivity index (χ2v) is 4.22. The maximum atomic E-state index is 12.6. The maximum Gasteiger partial charge on any atom is 0.325 e. The molecule has 2 rings (SSSR count). The standard InChI is InChI=1S/C12H10FN3OS/c13-10-3-1-9(2-4-10)5-6-14-11(17)16-12-15-7-8-18-12/h1-8H,(H2,14,15,16,17)/b6-5+. The topological polar surface area (TPSA) is 54.0 Å². The van der Waals surface area contributed by atoms with Gasteiger partial charge in [-0.2, -0.15) is 0 Å². The van der Waals surface area contributed by atoms with Crippen molar-refractivity contribution in [2.24, 2.45) is 0 Å². The zero-order chi connectivity index (χ0) is 12.8. The van der Waals surface area contributed by atoms with E-state index in [-0.39, 0.29) is 11.8 Å². The van der Waals surface area contributed by atoms with Gasteiger partial charge in [0.25, 0.3) is 0 Å². The summed E-state index contributed by atoms with van der Waals surface area (Å²) in [5.41, 5.74) is 0.797. The van der Waals surface area contributed by atoms with Gasteiger partial charge in [0.05, 0.1) is 0 Å². The van der Waals surface area contributed by atoms with E-state index in [0.29, 0.717) is 5.13 Å². The monoisotopic (exact) mass is 263 g/mol. The van der Waals surface area contributed by atoms with Crippen LogP contribution in [0.3, 0.4) is 0 Å². The quantitative estimate of drug-likeness (QED) is 0.894. The van der Waals surface area contributed by atoms with Gasteiger partial charge in [-0.3, -0.25) is 5.32 Å². The largest absolute Gasteiger partial charge is 0.325 e. The lowest BCUT2D eigenvalue weighted by Gasteiger charge is -1.99. The molecule has 0 saturated heterocycles. The summed E-state index contributed by atoms with van der Waals surface area (Å²) in [4.78, 5) is 15.3. The third-order valence-corrected chi connectivity index (χ3v) is 2.70. The number of nitrogens with one attached hydrogen (secondary N) is 2. The third kappa shape index (κ3) is 3.67. The number of benzene rings is 1. The Morgan fingerprint density at radius 3 is 2.78 bits per heavy atom. The minimum atomic E-state index is -0.372. The van der Waals surface area contributed by atoms with Crippen LogP contribution in [0, 0.1) is 5.82 Å². The highest BCUT2D eigenvalue weighted by atomic mass is 32.1. The first-order valence-corrected chi connectivity index (χ1v) is 6.01. The van der Waals surface area contributed by atoms with Crippen molar-refractivity contribution in [2.75, 3.05) is 5.32 Å². The summed E-state index contributed by atoms with van der Waals surface area (Å²) >= 11 is 1.33. The fraction of sp³-hybridized carbons (Fsp3) is 0. The van der Waals surface area contributed by atoms with Gasteiger partial charge in [-0.25, -0.2) is 14.2 Å². The van der Waals surface area contributed by atoms with E-state index in [1.54, 1.807) is 29.8 Å². The summed E-state index contributed by atoms with van der Waals surface area (Å²) in [6.45, 7) is 0. The Morgan fingerprint density at radius 2 is 2.11 bits per heavy atom. The molecule has 2 amide bonds. The van der Waals surface area contributed by atoms with Gasteiger partial charge in [0, 0.05) is 17.8 Å². The normalized spacial score (nSPS) is 10.5. The van der Waals surface area contributed by atoms with Gasteiger partial charge >= 0.3 is 6.03 Å². The Balaban J connectivity index is 1.84. The van der Waals surface area contributed by atoms with Crippen LogP contribution >= 0.6 is 11.3 Å². The lowest BCUT2D eigenvalue weighted by molar-refractivity contribution is 0.255. The van der Waals surface area contributed by atoms with Gasteiger partial charge in [0.15, 0.2) is 5.13 Å². The second kappa shape index (κ2) is 5.92. The van der Waals surface area contributed by atoms with Gasteiger partial charge < -0.3 is 5.32 Å². The number of hydrogen-bond acceptors (Lipinski definition) is 3. The number of halogens is 1. The van der Waals surface area contributed by atoms with Crippen molar-refractivity contribution in [3.8, 4) is 0 Å². The van der Waals surface area contributed by atoms with Crippen LogP contribution in [0.15, 0.2) is 42.0 Å². The molecular formula is C12H10FN3OS. The number of urea groups is 1. The molecule has 18 heavy (non-hydrogen) atoms. The molecule has 0 unspecified atom stereocenters. The minimum Gasteiger partial charge on any atom is -0.314 e. The summed E-state index contributed by atoms with van der Waals surface area (Å²) in [5.74, 6) is -0.290. The van der Waals surface area contributed by atoms with Crippen LogP contribution in [0.25, 0.3) is 6.08 Å². The number of rotatable bonds is 3. The highest BCUT2D eigenvalue weighted by molar-refractivity contribution is 7.13. The minimum absolute atomic E-state index is 0.290. The second-order valence-electron chi connectivity index (χ2n) is 3.32. The highest BCUT2D eigenvalue weighted by Crippen LogP contribution is 2.09. The smallest absolute Gasteiger partial charge is 0.314 e. The molecule has 0 aliphatic heterocycles. The summed E-state index contributed by atoms with van der Waals surface area (Å²) in [6.07, 6.45) is 4.76. The number of amides is 2. The molecule has 1 heterocycles. The van der Waals surface area contributed by atoms with Crippen LogP contribution in [0.1, 0.15) is 5.56 Å². The molecule has 2 N–H and O–H groups in total. The van der Waals surface area contributed by atoms with Crippen molar-refractivity contribution in [3.63, 3.8) is 0 Å². The maximum absolute atomic E-state index is 12.6. The molecule has 0 aliphatic carbocycles. The third-order valence-electron chi connectivity index (χ3n) is 2.01. The molecular weight excluding hydrogens is 253 g/mol. The molecule has 0 aliphatic rings. The fourth-order valence-corrected chi connectivity index (χ4v) is 1.73. The molecule has 4 nitrogen and oxygen atoms in total. The molecule has 2 aromatic rings. The summed E-state index contributed by atoms with van der Waals surface area (Å²) in [7, 11) is 0. The van der Waals surface area contributed by atoms with Crippen molar-refractivity contribution in [1.82, 2.24) is 10.3 Å². The first-order valence-electron chi connectivity index (χ1n) is 5.13. The highest BCUT2D eigenvalue weighted by Gasteiger charge is 1.99. The molecule has 0 spiro atoms. The van der Waals surface area contributed by atoms with Crippen LogP contribution in [0.4, 0.5) is 14.3 Å². The van der Waals surface area contributed by atoms with Gasteiger partial charge in [0.1, 0.15) is 5.82 Å². The van der Waals surface area contributed by atoms with Crippen molar-refractivity contribution in [1.29, 1.82) is 0 Å². The van der Waals surface area contributed by atoms with Crippen LogP contribution in [0.2, 0.25) is 0 Å². The van der Waals surface area contributed by atoms with E-state index in [2.05, 4.69) is 15.6 Å². The van der Waals surface area contributed by atoms with Crippen LogP contribution in [0.5, 0.6) is 0 Å². The molecule has 0 radical (unpaired) electrons. The Kier molecular flexibility index (Phi) is 4.03. The van der Waals surface area contributed by atoms with Crippen LogP contribution in [-0.4, -0.2) is 11.0 Å². The lowest BCUT2D eigenvalue weighted by atomic mass is 10.2. The zero-order valence-corrected chi connectivity index (χ0v) is 10.1. The first kappa shape index (κ1) is 12.3. The number of nitrogens with zero attached hydrogens (tertiary/aromatic N) is 1. The average Bonchev–Trinajstić information content (AvgIpc) is 2.84. The summed E-state index contributed by atoms with van der Waals surface area (Å²) in [6, 6.07) is 5.58. The number of thiazole rings is 1. The van der Waals surface area contributed by atoms with E-state index in [4.69, 9.17) is 0 Å². The number of carbonyl (C=O) groups excluding carboxylic acids is 1. The van der Waals surface area contributed by atoms with E-state index < -0.39 is 0 Å². The lowest BCUT2D eigenvalue weighted by Crippen LogP contribution is -2.23. The predicted octanol–water partition coefficient (Wildman–Crippen LogP) is 3.07. The van der Waals surface area contributed by atoms with Gasteiger partial charge in [-0.05, 0) is 23.8 Å². The number of anilines is 1. The SMILES string of the molecule is O=C(N/C=C/c1ccc(F)cc1)Nc1nccs1. The molecule has 1 aromatic heterocycles. The Morgan fingerprint density at radius 1 is 1.33 bits per heavy atom. The zero-order valence-electron chi connectivity index (χ0n) is 9.26. The Hall–Kier alpha value is -2.21. The number of hydrogen-bond donors (Lipinski definition) is 2. The number of aromatic nitrogens is 1. The Labute approximate surface area is 107 Å². The van der Waals surface area contributed by atoms with Gasteiger partial charge in [-0.15, -0.1) is 11.3 Å². The van der Waals surface area contributed by atoms with Crippen molar-refractivity contribution >= 4 is 28.6 Å². The molecule has 92 valence electrons. The van der Waals surface area contributed by atoms with E-state index in [9.17, 15) is 9.18 Å². The fourth-order valence-electron chi connectivity index (χ4n) is 1.21. The Bertz CT molecular complexity index is 537. The molecule has 0 fully saturated rings. The van der Waals surface area contributed by atoms with Crippen LogP contribution in [-0.2, 0) is 0 Å². The van der Waals surface area contributed by atoms with Gasteiger partial charge in [0.2, 0.25) is 0 Å². The van der Waals surface area contributed by atoms with E-state index >= 15 is 0 Å². The van der Waals surface area contributed by atoms with Crippen molar-refractivity contribution < 1.29 is 9.18 Å². The first-order chi connectivity index (χ1) is 8.74. The number of carbonyl (C=O) groups is 1. The van der Waals surface area contributed by atoms with Crippen LogP contribution < -0.4 is 10.6 Å². The van der Waals surface area contributed by atoms with Crippen molar-refractivity contribution in [3.05, 3.63) is 53.4 Å². The molecule has 0 bridgehead atoms. The molecule has 1 aromatic carbocycles. The summed E-state index contributed by atoms with van der Waals surface area (Å²) < 4.78 is 12.6. The predicted molar refractivity (Wildman–Crippen MR) is 69.7 cm³/mol. The van der Waals surface area contributed by atoms with Gasteiger partial charge in [-0.1, -0.05) is 12.1 Å². The summed E-state index contributed by atoms with van der Waals surface area (Å²) in [5, 5.41) is 7.39. The molecule has 0 atom stereocenters. The molecule has 6 heteroatoms. The molecule has 0 saturated carbocycles. The van der Waals surface area contributed by atoms with Crippen molar-refractivity contribution in [2.45, 2.75) is 0 Å². The average molecular weight is 263 g/mol. The van der Waals surface area contributed by atoms with E-state index in [1.807, 2.05) is 0 Å². The van der Waals surface area contributed by atoms with E-state index in [0.717, 1.165) is 5.56 Å².